The summed E-state index contributed by atoms with van der Waals surface area (Å²) in [6.07, 6.45) is 1.12. The lowest BCUT2D eigenvalue weighted by Gasteiger charge is -2.23. The zero-order valence-electron chi connectivity index (χ0n) is 8.91. The molecule has 0 aromatic rings. The smallest absolute Gasteiger partial charge is 0.156 e. The van der Waals surface area contributed by atoms with E-state index in [0.717, 1.165) is 6.42 Å². The minimum atomic E-state index is -0.0750. The van der Waals surface area contributed by atoms with Crippen molar-refractivity contribution < 1.29 is 5.21 Å². The number of hydrogen-bond donors (Lipinski definition) is 3. The Bertz CT molecular complexity index is 170. The second kappa shape index (κ2) is 5.80. The molecule has 78 valence electrons. The van der Waals surface area contributed by atoms with Crippen LogP contribution in [0.1, 0.15) is 34.1 Å². The van der Waals surface area contributed by atoms with E-state index >= 15 is 0 Å². The largest absolute Gasteiger partial charge is 0.409 e. The van der Waals surface area contributed by atoms with E-state index in [1.54, 1.807) is 0 Å². The second-order valence-electron chi connectivity index (χ2n) is 3.59. The zero-order valence-corrected chi connectivity index (χ0v) is 8.91. The third-order valence-electron chi connectivity index (χ3n) is 2.57. The predicted molar refractivity (Wildman–Crippen MR) is 54.9 cm³/mol. The lowest BCUT2D eigenvalue weighted by atomic mass is 10.0. The summed E-state index contributed by atoms with van der Waals surface area (Å²) in [6, 6.07) is 0.300. The lowest BCUT2D eigenvalue weighted by molar-refractivity contribution is 0.312. The summed E-state index contributed by atoms with van der Waals surface area (Å²) >= 11 is 0. The molecule has 0 amide bonds. The molecule has 4 nitrogen and oxygen atoms in total. The molecule has 0 heterocycles. The van der Waals surface area contributed by atoms with Crippen molar-refractivity contribution in [3.05, 3.63) is 0 Å². The molecule has 0 saturated heterocycles. The normalized spacial score (nSPS) is 19.5. The molecule has 0 aliphatic rings. The second-order valence-corrected chi connectivity index (χ2v) is 3.59. The predicted octanol–water partition coefficient (Wildman–Crippen LogP) is 1.15. The van der Waals surface area contributed by atoms with Crippen molar-refractivity contribution in [3.63, 3.8) is 0 Å². The average Bonchev–Trinajstić information content (AvgIpc) is 2.14. The van der Waals surface area contributed by atoms with Gasteiger partial charge in [0.25, 0.3) is 0 Å². The maximum absolute atomic E-state index is 8.44. The summed E-state index contributed by atoms with van der Waals surface area (Å²) in [5, 5.41) is 14.7. The Kier molecular flexibility index (Phi) is 5.46. The van der Waals surface area contributed by atoms with Crippen LogP contribution in [-0.4, -0.2) is 23.1 Å². The van der Waals surface area contributed by atoms with E-state index < -0.39 is 0 Å². The van der Waals surface area contributed by atoms with Gasteiger partial charge in [-0.05, 0) is 19.8 Å². The third-order valence-corrected chi connectivity index (χ3v) is 2.57. The Morgan fingerprint density at radius 1 is 1.46 bits per heavy atom. The fourth-order valence-corrected chi connectivity index (χ4v) is 1.08. The molecule has 0 aliphatic heterocycles. The first-order valence-electron chi connectivity index (χ1n) is 4.76. The molecular weight excluding hydrogens is 166 g/mol. The van der Waals surface area contributed by atoms with Crippen LogP contribution in [0.3, 0.4) is 0 Å². The maximum atomic E-state index is 8.44. The summed E-state index contributed by atoms with van der Waals surface area (Å²) in [7, 11) is 0. The SMILES string of the molecule is CCC(C)C(C)NC(C)C(N)=NO. The van der Waals surface area contributed by atoms with Crippen molar-refractivity contribution in [1.29, 1.82) is 0 Å². The van der Waals surface area contributed by atoms with Gasteiger partial charge < -0.3 is 16.3 Å². The molecule has 4 N–H and O–H groups in total. The number of oxime groups is 1. The van der Waals surface area contributed by atoms with E-state index in [1.807, 2.05) is 6.92 Å². The number of nitrogens with two attached hydrogens (primary N) is 1. The van der Waals surface area contributed by atoms with E-state index in [9.17, 15) is 0 Å². The van der Waals surface area contributed by atoms with Gasteiger partial charge in [-0.15, -0.1) is 0 Å². The highest BCUT2D eigenvalue weighted by molar-refractivity contribution is 5.84. The van der Waals surface area contributed by atoms with Crippen molar-refractivity contribution in [2.75, 3.05) is 0 Å². The fraction of sp³-hybridized carbons (Fsp3) is 0.889. The van der Waals surface area contributed by atoms with Crippen LogP contribution in [0.4, 0.5) is 0 Å². The van der Waals surface area contributed by atoms with Crippen LogP contribution in [0, 0.1) is 5.92 Å². The van der Waals surface area contributed by atoms with Crippen LogP contribution in [0.15, 0.2) is 5.16 Å². The van der Waals surface area contributed by atoms with Gasteiger partial charge in [0.1, 0.15) is 0 Å². The van der Waals surface area contributed by atoms with Crippen LogP contribution < -0.4 is 11.1 Å². The molecule has 0 aromatic heterocycles. The highest BCUT2D eigenvalue weighted by Crippen LogP contribution is 2.07. The molecule has 13 heavy (non-hydrogen) atoms. The zero-order chi connectivity index (χ0) is 10.4. The first-order chi connectivity index (χ1) is 6.02. The van der Waals surface area contributed by atoms with Crippen molar-refractivity contribution in [3.8, 4) is 0 Å². The van der Waals surface area contributed by atoms with Gasteiger partial charge in [0.2, 0.25) is 0 Å². The van der Waals surface area contributed by atoms with E-state index in [1.165, 1.54) is 0 Å². The summed E-state index contributed by atoms with van der Waals surface area (Å²) < 4.78 is 0. The molecule has 0 aromatic carbocycles. The number of hydrogen-bond acceptors (Lipinski definition) is 3. The average molecular weight is 187 g/mol. The van der Waals surface area contributed by atoms with Gasteiger partial charge in [0.15, 0.2) is 5.84 Å². The van der Waals surface area contributed by atoms with Gasteiger partial charge in [0, 0.05) is 6.04 Å². The minimum Gasteiger partial charge on any atom is -0.409 e. The van der Waals surface area contributed by atoms with Crippen LogP contribution in [0.25, 0.3) is 0 Å². The molecule has 3 atom stereocenters. The molecule has 0 spiro atoms. The Morgan fingerprint density at radius 2 is 2.00 bits per heavy atom. The van der Waals surface area contributed by atoms with Crippen LogP contribution in [0.2, 0.25) is 0 Å². The van der Waals surface area contributed by atoms with Gasteiger partial charge >= 0.3 is 0 Å². The van der Waals surface area contributed by atoms with Gasteiger partial charge in [-0.1, -0.05) is 25.4 Å². The van der Waals surface area contributed by atoms with Crippen LogP contribution in [0.5, 0.6) is 0 Å². The quantitative estimate of drug-likeness (QED) is 0.262. The van der Waals surface area contributed by atoms with E-state index in [2.05, 4.69) is 31.2 Å². The van der Waals surface area contributed by atoms with Crippen LogP contribution >= 0.6 is 0 Å². The molecule has 0 saturated carbocycles. The van der Waals surface area contributed by atoms with Crippen molar-refractivity contribution in [2.24, 2.45) is 16.8 Å². The van der Waals surface area contributed by atoms with Gasteiger partial charge in [-0.3, -0.25) is 0 Å². The molecule has 0 bridgehead atoms. The summed E-state index contributed by atoms with van der Waals surface area (Å²) in [4.78, 5) is 0. The molecule has 4 heteroatoms. The lowest BCUT2D eigenvalue weighted by Crippen LogP contribution is -2.45. The molecule has 0 fully saturated rings. The first kappa shape index (κ1) is 12.2. The van der Waals surface area contributed by atoms with Crippen molar-refractivity contribution >= 4 is 5.84 Å². The van der Waals surface area contributed by atoms with E-state index in [0.29, 0.717) is 12.0 Å². The maximum Gasteiger partial charge on any atom is 0.156 e. The molecule has 0 aliphatic carbocycles. The van der Waals surface area contributed by atoms with Crippen molar-refractivity contribution in [2.45, 2.75) is 46.2 Å². The van der Waals surface area contributed by atoms with Crippen LogP contribution in [-0.2, 0) is 0 Å². The standard InChI is InChI=1S/C9H21N3O/c1-5-6(2)7(3)11-8(4)9(10)12-13/h6-8,11,13H,5H2,1-4H3,(H2,10,12). The Morgan fingerprint density at radius 3 is 2.38 bits per heavy atom. The van der Waals surface area contributed by atoms with Gasteiger partial charge in [0.05, 0.1) is 6.04 Å². The monoisotopic (exact) mass is 187 g/mol. The molecule has 0 radical (unpaired) electrons. The minimum absolute atomic E-state index is 0.0750. The molecule has 3 unspecified atom stereocenters. The van der Waals surface area contributed by atoms with E-state index in [-0.39, 0.29) is 11.9 Å². The Hall–Kier alpha value is -0.770. The number of rotatable bonds is 5. The fourth-order valence-electron chi connectivity index (χ4n) is 1.08. The molecule has 0 rings (SSSR count). The Balaban J connectivity index is 3.98. The number of nitrogens with zero attached hydrogens (tertiary/aromatic N) is 1. The van der Waals surface area contributed by atoms with Gasteiger partial charge in [-0.25, -0.2) is 0 Å². The third kappa shape index (κ3) is 4.12. The van der Waals surface area contributed by atoms with Crippen molar-refractivity contribution in [1.82, 2.24) is 5.32 Å². The number of amidine groups is 1. The van der Waals surface area contributed by atoms with E-state index in [4.69, 9.17) is 10.9 Å². The Labute approximate surface area is 80.2 Å². The number of nitrogens with one attached hydrogen (secondary N) is 1. The molecular formula is C9H21N3O. The summed E-state index contributed by atoms with van der Waals surface area (Å²) in [6.45, 7) is 8.32. The summed E-state index contributed by atoms with van der Waals surface area (Å²) in [5.41, 5.74) is 5.44. The highest BCUT2D eigenvalue weighted by atomic mass is 16.4. The summed E-state index contributed by atoms with van der Waals surface area (Å²) in [5.74, 6) is 0.823. The topological polar surface area (TPSA) is 70.6 Å². The highest BCUT2D eigenvalue weighted by Gasteiger charge is 2.14. The van der Waals surface area contributed by atoms with Gasteiger partial charge in [-0.2, -0.15) is 0 Å². The first-order valence-corrected chi connectivity index (χ1v) is 4.76.